The number of rotatable bonds is 16. The van der Waals surface area contributed by atoms with Crippen molar-refractivity contribution in [2.75, 3.05) is 39.6 Å². The molecule has 0 spiro atoms. The molecule has 36 heavy (non-hydrogen) atoms. The van der Waals surface area contributed by atoms with Crippen molar-refractivity contribution in [3.63, 3.8) is 0 Å². The van der Waals surface area contributed by atoms with Crippen molar-refractivity contribution in [3.05, 3.63) is 31.2 Å². The Morgan fingerprint density at radius 3 is 1.31 bits per heavy atom. The molecule has 0 fully saturated rings. The zero-order valence-corrected chi connectivity index (χ0v) is 22.7. The number of esters is 2. The Hall–Kier alpha value is -0.920. The van der Waals surface area contributed by atoms with Crippen LogP contribution in [0.1, 0.15) is 47.4 Å². The maximum Gasteiger partial charge on any atom is 0.340 e. The van der Waals surface area contributed by atoms with Gasteiger partial charge in [0.25, 0.3) is 0 Å². The van der Waals surface area contributed by atoms with Crippen molar-refractivity contribution >= 4 is 58.3 Å². The molecule has 1 aromatic rings. The van der Waals surface area contributed by atoms with Crippen LogP contribution in [0.3, 0.4) is 0 Å². The summed E-state index contributed by atoms with van der Waals surface area (Å²) in [6.45, 7) is 1.64. The van der Waals surface area contributed by atoms with E-state index in [1.165, 1.54) is 13.8 Å². The van der Waals surface area contributed by atoms with E-state index in [4.69, 9.17) is 75.6 Å². The highest BCUT2D eigenvalue weighted by atomic mass is 35.5. The molecule has 206 valence electrons. The van der Waals surface area contributed by atoms with Gasteiger partial charge in [0.05, 0.1) is 82.1 Å². The summed E-state index contributed by atoms with van der Waals surface area (Å²) in [4.78, 5) is 25.9. The Bertz CT molecular complexity index is 797. The lowest BCUT2D eigenvalue weighted by molar-refractivity contribution is -0.0374. The van der Waals surface area contributed by atoms with Crippen molar-refractivity contribution in [2.45, 2.75) is 51.1 Å². The third-order valence-electron chi connectivity index (χ3n) is 4.57. The van der Waals surface area contributed by atoms with Crippen molar-refractivity contribution in [3.8, 4) is 0 Å². The fourth-order valence-electron chi connectivity index (χ4n) is 3.06. The third-order valence-corrected chi connectivity index (χ3v) is 6.38. The van der Waals surface area contributed by atoms with Gasteiger partial charge < -0.3 is 39.4 Å². The van der Waals surface area contributed by atoms with Gasteiger partial charge in [0, 0.05) is 12.8 Å². The number of aliphatic hydroxyl groups is 4. The number of halogens is 4. The van der Waals surface area contributed by atoms with Crippen LogP contribution in [0.5, 0.6) is 0 Å². The molecule has 0 radical (unpaired) electrons. The van der Waals surface area contributed by atoms with Crippen LogP contribution in [-0.2, 0) is 18.9 Å². The first kappa shape index (κ1) is 33.1. The molecule has 4 N–H and O–H groups in total. The first-order valence-corrected chi connectivity index (χ1v) is 12.5. The highest BCUT2D eigenvalue weighted by Gasteiger charge is 2.32. The van der Waals surface area contributed by atoms with E-state index in [1.807, 2.05) is 0 Å². The number of hydrogen-bond acceptors (Lipinski definition) is 10. The monoisotopic (exact) mass is 594 g/mol. The SMILES string of the molecule is CC(O)CC(COC(=O)c1c(Cl)c(Cl)c(Cl)c(Cl)c1C(=O)OCC(CC(C)O)OCCO)OCCO. The summed E-state index contributed by atoms with van der Waals surface area (Å²) in [5.41, 5.74) is -0.996. The van der Waals surface area contributed by atoms with Crippen LogP contribution in [0.4, 0.5) is 0 Å². The summed E-state index contributed by atoms with van der Waals surface area (Å²) in [6.07, 6.45) is -2.92. The van der Waals surface area contributed by atoms with E-state index < -0.39 is 57.5 Å². The van der Waals surface area contributed by atoms with Crippen LogP contribution in [0.15, 0.2) is 0 Å². The second-order valence-corrected chi connectivity index (χ2v) is 9.32. The van der Waals surface area contributed by atoms with Gasteiger partial charge in [0.15, 0.2) is 0 Å². The average Bonchev–Trinajstić information content (AvgIpc) is 2.82. The number of benzene rings is 1. The van der Waals surface area contributed by atoms with Gasteiger partial charge in [0.1, 0.15) is 13.2 Å². The van der Waals surface area contributed by atoms with Crippen LogP contribution in [0, 0.1) is 0 Å². The van der Waals surface area contributed by atoms with E-state index in [0.717, 1.165) is 0 Å². The molecule has 0 heterocycles. The second-order valence-electron chi connectivity index (χ2n) is 7.81. The third kappa shape index (κ3) is 10.4. The summed E-state index contributed by atoms with van der Waals surface area (Å²) in [6, 6.07) is 0. The molecular formula is C22H30Cl4O10. The molecule has 1 aromatic carbocycles. The molecule has 0 saturated heterocycles. The molecule has 14 heteroatoms. The van der Waals surface area contributed by atoms with Gasteiger partial charge >= 0.3 is 11.9 Å². The number of carbonyl (C=O) groups is 2. The largest absolute Gasteiger partial charge is 0.459 e. The van der Waals surface area contributed by atoms with Crippen LogP contribution in [-0.4, -0.2) is 96.4 Å². The van der Waals surface area contributed by atoms with Crippen LogP contribution < -0.4 is 0 Å². The highest BCUT2D eigenvalue weighted by Crippen LogP contribution is 2.42. The summed E-state index contributed by atoms with van der Waals surface area (Å²) >= 11 is 24.6. The van der Waals surface area contributed by atoms with Gasteiger partial charge in [-0.25, -0.2) is 9.59 Å². The molecule has 4 unspecified atom stereocenters. The molecule has 0 saturated carbocycles. The van der Waals surface area contributed by atoms with E-state index in [1.54, 1.807) is 0 Å². The second kappa shape index (κ2) is 16.8. The lowest BCUT2D eigenvalue weighted by Gasteiger charge is -2.21. The van der Waals surface area contributed by atoms with Crippen molar-refractivity contribution in [1.29, 1.82) is 0 Å². The van der Waals surface area contributed by atoms with Crippen molar-refractivity contribution < 1.29 is 49.0 Å². The summed E-state index contributed by atoms with van der Waals surface area (Å²) in [5, 5.41) is 35.8. The maximum atomic E-state index is 13.0. The van der Waals surface area contributed by atoms with Crippen LogP contribution in [0.2, 0.25) is 20.1 Å². The van der Waals surface area contributed by atoms with Gasteiger partial charge in [-0.15, -0.1) is 0 Å². The first-order valence-electron chi connectivity index (χ1n) is 11.0. The molecule has 1 rings (SSSR count). The minimum atomic E-state index is -1.09. The van der Waals surface area contributed by atoms with E-state index in [0.29, 0.717) is 0 Å². The number of aliphatic hydroxyl groups excluding tert-OH is 4. The number of hydrogen-bond donors (Lipinski definition) is 4. The van der Waals surface area contributed by atoms with E-state index in [9.17, 15) is 19.8 Å². The average molecular weight is 596 g/mol. The molecule has 0 bridgehead atoms. The molecule has 0 aliphatic carbocycles. The van der Waals surface area contributed by atoms with Gasteiger partial charge in [-0.1, -0.05) is 46.4 Å². The van der Waals surface area contributed by atoms with Gasteiger partial charge in [0.2, 0.25) is 0 Å². The van der Waals surface area contributed by atoms with Crippen molar-refractivity contribution in [1.82, 2.24) is 0 Å². The lowest BCUT2D eigenvalue weighted by Crippen LogP contribution is -2.29. The molecule has 0 aliphatic rings. The predicted octanol–water partition coefficient (Wildman–Crippen LogP) is 2.91. The Balaban J connectivity index is 3.20. The fourth-order valence-corrected chi connectivity index (χ4v) is 4.07. The van der Waals surface area contributed by atoms with Crippen LogP contribution in [0.25, 0.3) is 0 Å². The fraction of sp³-hybridized carbons (Fsp3) is 0.636. The normalized spacial score (nSPS) is 14.7. The van der Waals surface area contributed by atoms with E-state index in [2.05, 4.69) is 0 Å². The molecular weight excluding hydrogens is 566 g/mol. The maximum absolute atomic E-state index is 13.0. The summed E-state index contributed by atoms with van der Waals surface area (Å²) in [7, 11) is 0. The predicted molar refractivity (Wildman–Crippen MR) is 133 cm³/mol. The van der Waals surface area contributed by atoms with Gasteiger partial charge in [-0.3, -0.25) is 0 Å². The highest BCUT2D eigenvalue weighted by molar-refractivity contribution is 6.54. The molecule has 4 atom stereocenters. The first-order chi connectivity index (χ1) is 16.9. The molecule has 0 amide bonds. The zero-order chi connectivity index (χ0) is 27.4. The molecule has 0 aromatic heterocycles. The summed E-state index contributed by atoms with van der Waals surface area (Å²) in [5.74, 6) is -2.18. The minimum Gasteiger partial charge on any atom is -0.459 e. The number of carbonyl (C=O) groups excluding carboxylic acids is 2. The quantitative estimate of drug-likeness (QED) is 0.127. The lowest BCUT2D eigenvalue weighted by atomic mass is 10.1. The Kier molecular flexibility index (Phi) is 15.5. The van der Waals surface area contributed by atoms with Crippen LogP contribution >= 0.6 is 46.4 Å². The Morgan fingerprint density at radius 1 is 0.694 bits per heavy atom. The van der Waals surface area contributed by atoms with E-state index >= 15 is 0 Å². The smallest absolute Gasteiger partial charge is 0.340 e. The molecule has 0 aliphatic heterocycles. The Morgan fingerprint density at radius 2 is 1.03 bits per heavy atom. The summed E-state index contributed by atoms with van der Waals surface area (Å²) < 4.78 is 21.2. The van der Waals surface area contributed by atoms with E-state index in [-0.39, 0.29) is 62.5 Å². The van der Waals surface area contributed by atoms with Gasteiger partial charge in [-0.05, 0) is 13.8 Å². The number of ether oxygens (including phenoxy) is 4. The van der Waals surface area contributed by atoms with Gasteiger partial charge in [-0.2, -0.15) is 0 Å². The Labute approximate surface area is 228 Å². The minimum absolute atomic E-state index is 0.0577. The zero-order valence-electron chi connectivity index (χ0n) is 19.7. The topological polar surface area (TPSA) is 152 Å². The standard InChI is InChI=1S/C22H30Cl4O10/c1-11(29)7-13(33-5-3-27)9-35-21(31)15-16(18(24)20(26)19(25)17(15)23)22(32)36-10-14(8-12(2)30)34-6-4-28/h11-14,27-30H,3-10H2,1-2H3. The van der Waals surface area contributed by atoms with Crippen molar-refractivity contribution in [2.24, 2.45) is 0 Å². The molecule has 10 nitrogen and oxygen atoms in total.